The van der Waals surface area contributed by atoms with Gasteiger partial charge >= 0.3 is 0 Å². The van der Waals surface area contributed by atoms with Crippen LogP contribution in [-0.2, 0) is 4.79 Å². The van der Waals surface area contributed by atoms with Crippen molar-refractivity contribution in [2.24, 2.45) is 5.92 Å². The quantitative estimate of drug-likeness (QED) is 0.626. The van der Waals surface area contributed by atoms with Crippen LogP contribution in [0.4, 0.5) is 5.82 Å². The van der Waals surface area contributed by atoms with E-state index in [9.17, 15) is 4.79 Å². The summed E-state index contributed by atoms with van der Waals surface area (Å²) in [7, 11) is 0. The molecule has 4 heterocycles. The van der Waals surface area contributed by atoms with Gasteiger partial charge in [0, 0.05) is 37.7 Å². The maximum Gasteiger partial charge on any atom is 0.223 e. The van der Waals surface area contributed by atoms with E-state index in [4.69, 9.17) is 5.10 Å². The molecule has 2 aliphatic heterocycles. The number of fused-ring (bicyclic) bond motifs is 1. The van der Waals surface area contributed by atoms with Crippen LogP contribution in [-0.4, -0.2) is 69.9 Å². The van der Waals surface area contributed by atoms with E-state index in [1.807, 2.05) is 16.6 Å². The highest BCUT2D eigenvalue weighted by Gasteiger charge is 2.26. The number of aryl methyl sites for hydroxylation is 1. The minimum atomic E-state index is 0.0874. The van der Waals surface area contributed by atoms with Gasteiger partial charge in [-0.3, -0.25) is 4.79 Å². The van der Waals surface area contributed by atoms with E-state index in [1.54, 1.807) is 0 Å². The standard InChI is InChI=1S/C25H33N7O/c1-19-5-7-20(8-6-19)24-28-27-22-9-10-23(29-32(22)24)31-16-11-21(12-17-31)25(33)26-13-18-30-14-3-2-4-15-30/h5-10,21H,2-4,11-18H2,1H3,(H,26,33). The van der Waals surface area contributed by atoms with E-state index in [2.05, 4.69) is 56.5 Å². The van der Waals surface area contributed by atoms with E-state index < -0.39 is 0 Å². The van der Waals surface area contributed by atoms with E-state index in [1.165, 1.54) is 37.9 Å². The third-order valence-electron chi connectivity index (χ3n) is 6.92. The van der Waals surface area contributed by atoms with Crippen molar-refractivity contribution in [2.75, 3.05) is 44.2 Å². The van der Waals surface area contributed by atoms with Gasteiger partial charge in [0.15, 0.2) is 11.5 Å². The molecule has 0 saturated carbocycles. The third kappa shape index (κ3) is 5.00. The number of amides is 1. The minimum absolute atomic E-state index is 0.0874. The van der Waals surface area contributed by atoms with Crippen LogP contribution < -0.4 is 10.2 Å². The molecule has 0 aliphatic carbocycles. The number of carbonyl (C=O) groups is 1. The summed E-state index contributed by atoms with van der Waals surface area (Å²) >= 11 is 0. The second kappa shape index (κ2) is 9.87. The van der Waals surface area contributed by atoms with Gasteiger partial charge in [-0.25, -0.2) is 0 Å². The lowest BCUT2D eigenvalue weighted by molar-refractivity contribution is -0.125. The maximum absolute atomic E-state index is 12.7. The fraction of sp³-hybridized carbons (Fsp3) is 0.520. The van der Waals surface area contributed by atoms with E-state index in [0.717, 1.165) is 61.9 Å². The number of benzene rings is 1. The Labute approximate surface area is 195 Å². The molecule has 1 amide bonds. The van der Waals surface area contributed by atoms with Crippen molar-refractivity contribution < 1.29 is 4.79 Å². The Bertz CT molecular complexity index is 1080. The molecule has 0 atom stereocenters. The van der Waals surface area contributed by atoms with Crippen LogP contribution in [0.25, 0.3) is 17.0 Å². The van der Waals surface area contributed by atoms with Gasteiger partial charge < -0.3 is 15.1 Å². The van der Waals surface area contributed by atoms with E-state index >= 15 is 0 Å². The molecule has 0 unspecified atom stereocenters. The summed E-state index contributed by atoms with van der Waals surface area (Å²) in [5, 5.41) is 16.6. The molecule has 1 N–H and O–H groups in total. The Morgan fingerprint density at radius 3 is 2.48 bits per heavy atom. The van der Waals surface area contributed by atoms with Gasteiger partial charge in [0.2, 0.25) is 5.91 Å². The zero-order valence-corrected chi connectivity index (χ0v) is 19.4. The summed E-state index contributed by atoms with van der Waals surface area (Å²) in [4.78, 5) is 17.4. The maximum atomic E-state index is 12.7. The van der Waals surface area contributed by atoms with Crippen LogP contribution in [0.5, 0.6) is 0 Å². The first-order valence-corrected chi connectivity index (χ1v) is 12.2. The number of hydrogen-bond acceptors (Lipinski definition) is 6. The van der Waals surface area contributed by atoms with E-state index in [-0.39, 0.29) is 11.8 Å². The molecule has 5 rings (SSSR count). The third-order valence-corrected chi connectivity index (χ3v) is 6.92. The molecular weight excluding hydrogens is 414 g/mol. The van der Waals surface area contributed by atoms with Crippen molar-refractivity contribution in [3.63, 3.8) is 0 Å². The molecular formula is C25H33N7O. The van der Waals surface area contributed by atoms with Gasteiger partial charge in [0.05, 0.1) is 0 Å². The zero-order valence-electron chi connectivity index (χ0n) is 19.4. The normalized spacial score (nSPS) is 18.0. The smallest absolute Gasteiger partial charge is 0.223 e. The molecule has 0 radical (unpaired) electrons. The minimum Gasteiger partial charge on any atom is -0.355 e. The Kier molecular flexibility index (Phi) is 6.53. The summed E-state index contributed by atoms with van der Waals surface area (Å²) in [6, 6.07) is 12.2. The molecule has 2 saturated heterocycles. The second-order valence-corrected chi connectivity index (χ2v) is 9.31. The lowest BCUT2D eigenvalue weighted by atomic mass is 9.96. The first-order valence-electron chi connectivity index (χ1n) is 12.2. The predicted molar refractivity (Wildman–Crippen MR) is 129 cm³/mol. The number of nitrogens with zero attached hydrogens (tertiary/aromatic N) is 6. The van der Waals surface area contributed by atoms with Crippen molar-refractivity contribution in [3.05, 3.63) is 42.0 Å². The first-order chi connectivity index (χ1) is 16.2. The van der Waals surface area contributed by atoms with Crippen molar-refractivity contribution in [1.82, 2.24) is 30.0 Å². The molecule has 33 heavy (non-hydrogen) atoms. The zero-order chi connectivity index (χ0) is 22.6. The average Bonchev–Trinajstić information content (AvgIpc) is 3.28. The topological polar surface area (TPSA) is 78.7 Å². The molecule has 2 aromatic heterocycles. The highest BCUT2D eigenvalue weighted by atomic mass is 16.1. The number of likely N-dealkylation sites (tertiary alicyclic amines) is 1. The van der Waals surface area contributed by atoms with Gasteiger partial charge in [-0.2, -0.15) is 4.52 Å². The van der Waals surface area contributed by atoms with Crippen molar-refractivity contribution >= 4 is 17.4 Å². The summed E-state index contributed by atoms with van der Waals surface area (Å²) in [5.41, 5.74) is 2.94. The lowest BCUT2D eigenvalue weighted by Gasteiger charge is -2.32. The summed E-state index contributed by atoms with van der Waals surface area (Å²) in [5.74, 6) is 1.94. The number of piperidine rings is 2. The molecule has 2 fully saturated rings. The van der Waals surface area contributed by atoms with Crippen molar-refractivity contribution in [1.29, 1.82) is 0 Å². The Hall–Kier alpha value is -3.00. The van der Waals surface area contributed by atoms with Crippen molar-refractivity contribution in [3.8, 4) is 11.4 Å². The molecule has 8 heteroatoms. The highest BCUT2D eigenvalue weighted by molar-refractivity contribution is 5.79. The Balaban J connectivity index is 1.18. The molecule has 2 aliphatic rings. The monoisotopic (exact) mass is 447 g/mol. The summed E-state index contributed by atoms with van der Waals surface area (Å²) in [6.45, 7) is 7.78. The highest BCUT2D eigenvalue weighted by Crippen LogP contribution is 2.24. The van der Waals surface area contributed by atoms with Crippen LogP contribution in [0.15, 0.2) is 36.4 Å². The summed E-state index contributed by atoms with van der Waals surface area (Å²) in [6.07, 6.45) is 5.61. The Morgan fingerprint density at radius 1 is 0.970 bits per heavy atom. The van der Waals surface area contributed by atoms with Crippen LogP contribution >= 0.6 is 0 Å². The number of anilines is 1. The van der Waals surface area contributed by atoms with Gasteiger partial charge in [0.1, 0.15) is 5.82 Å². The fourth-order valence-corrected chi connectivity index (χ4v) is 4.87. The number of aromatic nitrogens is 4. The predicted octanol–water partition coefficient (Wildman–Crippen LogP) is 2.92. The molecule has 0 spiro atoms. The summed E-state index contributed by atoms with van der Waals surface area (Å²) < 4.78 is 1.82. The number of nitrogens with one attached hydrogen (secondary N) is 1. The molecule has 0 bridgehead atoms. The Morgan fingerprint density at radius 2 is 1.73 bits per heavy atom. The molecule has 3 aromatic rings. The van der Waals surface area contributed by atoms with Crippen LogP contribution in [0.2, 0.25) is 0 Å². The van der Waals surface area contributed by atoms with Gasteiger partial charge in [-0.15, -0.1) is 15.3 Å². The second-order valence-electron chi connectivity index (χ2n) is 9.31. The van der Waals surface area contributed by atoms with E-state index in [0.29, 0.717) is 0 Å². The molecule has 174 valence electrons. The number of carbonyl (C=O) groups excluding carboxylic acids is 1. The van der Waals surface area contributed by atoms with Crippen LogP contribution in [0.3, 0.4) is 0 Å². The molecule has 1 aromatic carbocycles. The van der Waals surface area contributed by atoms with Gasteiger partial charge in [-0.05, 0) is 57.8 Å². The molecule has 8 nitrogen and oxygen atoms in total. The fourth-order valence-electron chi connectivity index (χ4n) is 4.87. The lowest BCUT2D eigenvalue weighted by Crippen LogP contribution is -2.43. The SMILES string of the molecule is Cc1ccc(-c2nnc3ccc(N4CCC(C(=O)NCCN5CCCCC5)CC4)nn23)cc1. The van der Waals surface area contributed by atoms with Crippen LogP contribution in [0, 0.1) is 12.8 Å². The average molecular weight is 448 g/mol. The van der Waals surface area contributed by atoms with Crippen molar-refractivity contribution in [2.45, 2.75) is 39.0 Å². The number of rotatable bonds is 6. The van der Waals surface area contributed by atoms with Gasteiger partial charge in [-0.1, -0.05) is 36.2 Å². The first kappa shape index (κ1) is 21.8. The van der Waals surface area contributed by atoms with Gasteiger partial charge in [0.25, 0.3) is 0 Å². The largest absolute Gasteiger partial charge is 0.355 e. The van der Waals surface area contributed by atoms with Crippen LogP contribution in [0.1, 0.15) is 37.7 Å². The number of hydrogen-bond donors (Lipinski definition) is 1.